The maximum atomic E-state index is 13.5. The molecule has 0 saturated heterocycles. The lowest BCUT2D eigenvalue weighted by Gasteiger charge is -2.25. The molecule has 0 radical (unpaired) electrons. The van der Waals surface area contributed by atoms with Crippen molar-refractivity contribution in [1.82, 2.24) is 4.98 Å². The van der Waals surface area contributed by atoms with Gasteiger partial charge in [0.25, 0.3) is 0 Å². The van der Waals surface area contributed by atoms with Crippen LogP contribution in [0.1, 0.15) is 32.1 Å². The van der Waals surface area contributed by atoms with Crippen LogP contribution in [0.15, 0.2) is 48.7 Å². The van der Waals surface area contributed by atoms with E-state index in [4.69, 9.17) is 4.74 Å². The van der Waals surface area contributed by atoms with Gasteiger partial charge in [-0.1, -0.05) is 37.5 Å². The Hall–Kier alpha value is -2.43. The molecule has 0 unspecified atom stereocenters. The predicted molar refractivity (Wildman–Crippen MR) is 90.7 cm³/mol. The van der Waals surface area contributed by atoms with E-state index in [0.29, 0.717) is 23.9 Å². The standard InChI is InChI=1S/C19H21FN2O2/c20-18-13-17(11-12-21-18)22(16-9-5-2-6-10-16)19(23)24-14-15-7-3-1-4-8-15/h2,5-6,9-13,15H,1,3-4,7-8,14H2. The topological polar surface area (TPSA) is 42.4 Å². The molecule has 1 saturated carbocycles. The maximum absolute atomic E-state index is 13.5. The zero-order chi connectivity index (χ0) is 16.8. The number of carbonyl (C=O) groups is 1. The van der Waals surface area contributed by atoms with Crippen molar-refractivity contribution >= 4 is 17.5 Å². The van der Waals surface area contributed by atoms with Crippen LogP contribution in [-0.4, -0.2) is 17.7 Å². The van der Waals surface area contributed by atoms with Crippen molar-refractivity contribution in [2.75, 3.05) is 11.5 Å². The summed E-state index contributed by atoms with van der Waals surface area (Å²) in [6, 6.07) is 11.9. The Bertz CT molecular complexity index is 672. The molecule has 1 amide bonds. The van der Waals surface area contributed by atoms with Gasteiger partial charge in [-0.3, -0.25) is 0 Å². The second kappa shape index (κ2) is 7.90. The molecule has 126 valence electrons. The zero-order valence-electron chi connectivity index (χ0n) is 13.5. The highest BCUT2D eigenvalue weighted by Crippen LogP contribution is 2.28. The van der Waals surface area contributed by atoms with Crippen LogP contribution < -0.4 is 4.90 Å². The van der Waals surface area contributed by atoms with Gasteiger partial charge in [0.2, 0.25) is 5.95 Å². The highest BCUT2D eigenvalue weighted by Gasteiger charge is 2.22. The summed E-state index contributed by atoms with van der Waals surface area (Å²) in [5.41, 5.74) is 1.04. The molecule has 1 aliphatic rings. The summed E-state index contributed by atoms with van der Waals surface area (Å²) in [7, 11) is 0. The van der Waals surface area contributed by atoms with Crippen molar-refractivity contribution in [2.24, 2.45) is 5.92 Å². The quantitative estimate of drug-likeness (QED) is 0.735. The lowest BCUT2D eigenvalue weighted by molar-refractivity contribution is 0.124. The van der Waals surface area contributed by atoms with E-state index in [1.54, 1.807) is 18.2 Å². The Balaban J connectivity index is 1.77. The maximum Gasteiger partial charge on any atom is 0.418 e. The van der Waals surface area contributed by atoms with Gasteiger partial charge in [0.1, 0.15) is 0 Å². The largest absolute Gasteiger partial charge is 0.449 e. The van der Waals surface area contributed by atoms with Gasteiger partial charge >= 0.3 is 6.09 Å². The van der Waals surface area contributed by atoms with Gasteiger partial charge in [-0.05, 0) is 37.0 Å². The molecular formula is C19H21FN2O2. The van der Waals surface area contributed by atoms with Crippen molar-refractivity contribution in [3.63, 3.8) is 0 Å². The summed E-state index contributed by atoms with van der Waals surface area (Å²) < 4.78 is 19.0. The molecule has 0 bridgehead atoms. The molecule has 1 heterocycles. The van der Waals surface area contributed by atoms with E-state index in [2.05, 4.69) is 4.98 Å². The first kappa shape index (κ1) is 16.4. The van der Waals surface area contributed by atoms with Crippen LogP contribution >= 0.6 is 0 Å². The number of pyridine rings is 1. The molecule has 1 fully saturated rings. The molecule has 5 heteroatoms. The fourth-order valence-corrected chi connectivity index (χ4v) is 3.08. The van der Waals surface area contributed by atoms with Crippen molar-refractivity contribution in [3.8, 4) is 0 Å². The van der Waals surface area contributed by atoms with Gasteiger partial charge in [0.05, 0.1) is 18.0 Å². The van der Waals surface area contributed by atoms with Crippen molar-refractivity contribution in [2.45, 2.75) is 32.1 Å². The van der Waals surface area contributed by atoms with Gasteiger partial charge in [-0.2, -0.15) is 4.39 Å². The SMILES string of the molecule is O=C(OCC1CCCCC1)N(c1ccccc1)c1ccnc(F)c1. The van der Waals surface area contributed by atoms with Crippen LogP contribution in [0.4, 0.5) is 20.6 Å². The van der Waals surface area contributed by atoms with Crippen LogP contribution in [0.3, 0.4) is 0 Å². The zero-order valence-corrected chi connectivity index (χ0v) is 13.5. The number of amides is 1. The number of nitrogens with zero attached hydrogens (tertiary/aromatic N) is 2. The summed E-state index contributed by atoms with van der Waals surface area (Å²) in [4.78, 5) is 17.6. The lowest BCUT2D eigenvalue weighted by Crippen LogP contribution is -2.29. The van der Waals surface area contributed by atoms with E-state index in [1.807, 2.05) is 18.2 Å². The molecule has 0 atom stereocenters. The Morgan fingerprint density at radius 3 is 2.58 bits per heavy atom. The molecule has 3 rings (SSSR count). The average Bonchev–Trinajstić information content (AvgIpc) is 2.62. The number of carbonyl (C=O) groups excluding carboxylic acids is 1. The number of hydrogen-bond acceptors (Lipinski definition) is 3. The normalized spacial score (nSPS) is 15.0. The summed E-state index contributed by atoms with van der Waals surface area (Å²) in [5.74, 6) is -0.206. The van der Waals surface area contributed by atoms with E-state index >= 15 is 0 Å². The smallest absolute Gasteiger partial charge is 0.418 e. The molecule has 1 aliphatic carbocycles. The van der Waals surface area contributed by atoms with Crippen LogP contribution in [0.2, 0.25) is 0 Å². The monoisotopic (exact) mass is 328 g/mol. The summed E-state index contributed by atoms with van der Waals surface area (Å²) >= 11 is 0. The molecule has 0 N–H and O–H groups in total. The Labute approximate surface area is 141 Å². The molecule has 2 aromatic rings. The van der Waals surface area contributed by atoms with Crippen molar-refractivity contribution in [3.05, 3.63) is 54.6 Å². The van der Waals surface area contributed by atoms with Crippen LogP contribution in [-0.2, 0) is 4.74 Å². The lowest BCUT2D eigenvalue weighted by atomic mass is 9.90. The van der Waals surface area contributed by atoms with E-state index < -0.39 is 12.0 Å². The summed E-state index contributed by atoms with van der Waals surface area (Å²) in [6.07, 6.45) is 6.70. The second-order valence-corrected chi connectivity index (χ2v) is 6.09. The number of para-hydroxylation sites is 1. The number of aromatic nitrogens is 1. The fraction of sp³-hybridized carbons (Fsp3) is 0.368. The molecule has 0 spiro atoms. The highest BCUT2D eigenvalue weighted by atomic mass is 19.1. The molecule has 1 aromatic carbocycles. The predicted octanol–water partition coefficient (Wildman–Crippen LogP) is 5.08. The van der Waals surface area contributed by atoms with Crippen LogP contribution in [0, 0.1) is 11.9 Å². The highest BCUT2D eigenvalue weighted by molar-refractivity contribution is 5.95. The van der Waals surface area contributed by atoms with Crippen LogP contribution in [0.5, 0.6) is 0 Å². The second-order valence-electron chi connectivity index (χ2n) is 6.09. The Morgan fingerprint density at radius 1 is 1.12 bits per heavy atom. The van der Waals surface area contributed by atoms with Crippen molar-refractivity contribution < 1.29 is 13.9 Å². The number of rotatable bonds is 4. The van der Waals surface area contributed by atoms with Gasteiger partial charge < -0.3 is 4.74 Å². The summed E-state index contributed by atoms with van der Waals surface area (Å²) in [5, 5.41) is 0. The average molecular weight is 328 g/mol. The first-order valence-electron chi connectivity index (χ1n) is 8.37. The van der Waals surface area contributed by atoms with Gasteiger partial charge in [-0.25, -0.2) is 14.7 Å². The number of ether oxygens (including phenoxy) is 1. The van der Waals surface area contributed by atoms with Gasteiger partial charge in [0, 0.05) is 12.3 Å². The number of anilines is 2. The first-order chi connectivity index (χ1) is 11.7. The van der Waals surface area contributed by atoms with E-state index in [1.165, 1.54) is 36.4 Å². The molecule has 0 aliphatic heterocycles. The minimum atomic E-state index is -0.631. The third kappa shape index (κ3) is 4.10. The van der Waals surface area contributed by atoms with Crippen LogP contribution in [0.25, 0.3) is 0 Å². The Kier molecular flexibility index (Phi) is 5.41. The summed E-state index contributed by atoms with van der Waals surface area (Å²) in [6.45, 7) is 0.412. The molecule has 1 aromatic heterocycles. The van der Waals surface area contributed by atoms with Gasteiger partial charge in [0.15, 0.2) is 0 Å². The molecular weight excluding hydrogens is 307 g/mol. The number of hydrogen-bond donors (Lipinski definition) is 0. The number of halogens is 1. The van der Waals surface area contributed by atoms with Crippen molar-refractivity contribution in [1.29, 1.82) is 0 Å². The Morgan fingerprint density at radius 2 is 1.88 bits per heavy atom. The third-order valence-electron chi connectivity index (χ3n) is 4.33. The fourth-order valence-electron chi connectivity index (χ4n) is 3.08. The minimum absolute atomic E-state index is 0.405. The first-order valence-corrected chi connectivity index (χ1v) is 8.37. The van der Waals surface area contributed by atoms with E-state index in [0.717, 1.165) is 12.8 Å². The molecule has 24 heavy (non-hydrogen) atoms. The van der Waals surface area contributed by atoms with Gasteiger partial charge in [-0.15, -0.1) is 0 Å². The van der Waals surface area contributed by atoms with E-state index in [-0.39, 0.29) is 0 Å². The molecule has 4 nitrogen and oxygen atoms in total. The number of benzene rings is 1. The minimum Gasteiger partial charge on any atom is -0.449 e. The van der Waals surface area contributed by atoms with E-state index in [9.17, 15) is 9.18 Å². The third-order valence-corrected chi connectivity index (χ3v) is 4.33.